The minimum absolute atomic E-state index is 0.337. The highest BCUT2D eigenvalue weighted by Gasteiger charge is 2.21. The molecule has 8 heteroatoms. The minimum atomic E-state index is -0.460. The van der Waals surface area contributed by atoms with Crippen molar-refractivity contribution in [2.75, 3.05) is 12.4 Å². The first-order chi connectivity index (χ1) is 14.4. The van der Waals surface area contributed by atoms with Crippen LogP contribution in [-0.4, -0.2) is 33.8 Å². The number of aromatic nitrogens is 3. The summed E-state index contributed by atoms with van der Waals surface area (Å²) in [6, 6.07) is 10.3. The number of rotatable bonds is 4. The molecule has 0 aliphatic rings. The molecule has 0 radical (unpaired) electrons. The average Bonchev–Trinajstić information content (AvgIpc) is 3.37. The predicted octanol–water partition coefficient (Wildman–Crippen LogP) is 3.88. The van der Waals surface area contributed by atoms with Gasteiger partial charge in [-0.1, -0.05) is 6.07 Å². The molecule has 4 rings (SSSR count). The molecule has 0 unspecified atom stereocenters. The highest BCUT2D eigenvalue weighted by molar-refractivity contribution is 6.13. The van der Waals surface area contributed by atoms with E-state index in [-0.39, 0.29) is 5.91 Å². The summed E-state index contributed by atoms with van der Waals surface area (Å²) >= 11 is 0. The summed E-state index contributed by atoms with van der Waals surface area (Å²) in [6.45, 7) is 3.59. The SMILES string of the molecule is COC(=O)c1cccc(NC(=O)c2cc(-c3ccco3)nc3c2c(C)nn3C)c1C. The molecule has 1 aromatic carbocycles. The van der Waals surface area contributed by atoms with Gasteiger partial charge in [0.05, 0.1) is 35.6 Å². The van der Waals surface area contributed by atoms with E-state index in [4.69, 9.17) is 9.15 Å². The van der Waals surface area contributed by atoms with E-state index < -0.39 is 5.97 Å². The molecule has 152 valence electrons. The van der Waals surface area contributed by atoms with E-state index in [1.54, 1.807) is 61.3 Å². The Morgan fingerprint density at radius 3 is 2.63 bits per heavy atom. The van der Waals surface area contributed by atoms with Crippen molar-refractivity contribution < 1.29 is 18.7 Å². The second-order valence-corrected chi connectivity index (χ2v) is 6.86. The van der Waals surface area contributed by atoms with E-state index in [2.05, 4.69) is 15.4 Å². The van der Waals surface area contributed by atoms with Crippen molar-refractivity contribution in [2.45, 2.75) is 13.8 Å². The zero-order chi connectivity index (χ0) is 21.4. The molecular formula is C22H20N4O4. The molecule has 0 saturated carbocycles. The van der Waals surface area contributed by atoms with Crippen LogP contribution in [0, 0.1) is 13.8 Å². The molecule has 3 heterocycles. The van der Waals surface area contributed by atoms with Crippen LogP contribution in [0.25, 0.3) is 22.5 Å². The lowest BCUT2D eigenvalue weighted by Gasteiger charge is -2.12. The van der Waals surface area contributed by atoms with Crippen molar-refractivity contribution in [1.82, 2.24) is 14.8 Å². The van der Waals surface area contributed by atoms with Gasteiger partial charge in [0.2, 0.25) is 0 Å². The minimum Gasteiger partial charge on any atom is -0.465 e. The molecule has 30 heavy (non-hydrogen) atoms. The van der Waals surface area contributed by atoms with Gasteiger partial charge in [-0.2, -0.15) is 5.10 Å². The number of esters is 1. The average molecular weight is 404 g/mol. The third-order valence-electron chi connectivity index (χ3n) is 4.97. The molecule has 1 amide bonds. The lowest BCUT2D eigenvalue weighted by molar-refractivity contribution is 0.0599. The first-order valence-corrected chi connectivity index (χ1v) is 9.28. The summed E-state index contributed by atoms with van der Waals surface area (Å²) in [4.78, 5) is 29.9. The van der Waals surface area contributed by atoms with E-state index in [9.17, 15) is 9.59 Å². The summed E-state index contributed by atoms with van der Waals surface area (Å²) < 4.78 is 11.9. The molecule has 3 aromatic heterocycles. The lowest BCUT2D eigenvalue weighted by Crippen LogP contribution is -2.15. The number of nitrogens with one attached hydrogen (secondary N) is 1. The maximum Gasteiger partial charge on any atom is 0.338 e. The number of pyridine rings is 1. The van der Waals surface area contributed by atoms with Crippen LogP contribution in [0.3, 0.4) is 0 Å². The highest BCUT2D eigenvalue weighted by Crippen LogP contribution is 2.28. The predicted molar refractivity (Wildman–Crippen MR) is 111 cm³/mol. The number of nitrogens with zero attached hydrogens (tertiary/aromatic N) is 3. The Hall–Kier alpha value is -3.94. The molecule has 4 aromatic rings. The van der Waals surface area contributed by atoms with Gasteiger partial charge in [-0.05, 0) is 49.7 Å². The molecule has 0 aliphatic carbocycles. The maximum absolute atomic E-state index is 13.3. The highest BCUT2D eigenvalue weighted by atomic mass is 16.5. The summed E-state index contributed by atoms with van der Waals surface area (Å²) in [5.41, 5.74) is 3.75. The molecule has 0 spiro atoms. The summed E-state index contributed by atoms with van der Waals surface area (Å²) in [7, 11) is 3.10. The van der Waals surface area contributed by atoms with Crippen molar-refractivity contribution in [3.63, 3.8) is 0 Å². The Labute approximate surface area is 172 Å². The van der Waals surface area contributed by atoms with Gasteiger partial charge in [0.15, 0.2) is 11.4 Å². The van der Waals surface area contributed by atoms with Crippen LogP contribution < -0.4 is 5.32 Å². The summed E-state index contributed by atoms with van der Waals surface area (Å²) in [5, 5.41) is 7.98. The number of ether oxygens (including phenoxy) is 1. The van der Waals surface area contributed by atoms with Crippen molar-refractivity contribution in [3.05, 3.63) is 65.0 Å². The van der Waals surface area contributed by atoms with Gasteiger partial charge in [-0.25, -0.2) is 9.78 Å². The topological polar surface area (TPSA) is 99.2 Å². The van der Waals surface area contributed by atoms with Gasteiger partial charge in [0.1, 0.15) is 5.69 Å². The third-order valence-corrected chi connectivity index (χ3v) is 4.97. The monoisotopic (exact) mass is 404 g/mol. The smallest absolute Gasteiger partial charge is 0.338 e. The van der Waals surface area contributed by atoms with Crippen LogP contribution in [0.15, 0.2) is 47.1 Å². The second-order valence-electron chi connectivity index (χ2n) is 6.86. The number of furan rings is 1. The number of methoxy groups -OCH3 is 1. The van der Waals surface area contributed by atoms with Crippen molar-refractivity contribution in [3.8, 4) is 11.5 Å². The number of fused-ring (bicyclic) bond motifs is 1. The lowest BCUT2D eigenvalue weighted by atomic mass is 10.0. The van der Waals surface area contributed by atoms with E-state index in [0.717, 1.165) is 0 Å². The third kappa shape index (κ3) is 3.22. The fourth-order valence-corrected chi connectivity index (χ4v) is 3.47. The quantitative estimate of drug-likeness (QED) is 0.518. The Morgan fingerprint density at radius 2 is 1.93 bits per heavy atom. The van der Waals surface area contributed by atoms with E-state index >= 15 is 0 Å². The van der Waals surface area contributed by atoms with Crippen LogP contribution in [0.5, 0.6) is 0 Å². The number of anilines is 1. The van der Waals surface area contributed by atoms with Crippen LogP contribution in [-0.2, 0) is 11.8 Å². The molecule has 0 fully saturated rings. The summed E-state index contributed by atoms with van der Waals surface area (Å²) in [6.07, 6.45) is 1.55. The maximum atomic E-state index is 13.3. The second kappa shape index (κ2) is 7.47. The molecule has 1 N–H and O–H groups in total. The van der Waals surface area contributed by atoms with E-state index in [1.165, 1.54) is 7.11 Å². The van der Waals surface area contributed by atoms with Crippen LogP contribution in [0.2, 0.25) is 0 Å². The van der Waals surface area contributed by atoms with Gasteiger partial charge in [0, 0.05) is 12.7 Å². The zero-order valence-corrected chi connectivity index (χ0v) is 17.0. The van der Waals surface area contributed by atoms with Gasteiger partial charge in [0.25, 0.3) is 5.91 Å². The van der Waals surface area contributed by atoms with Crippen molar-refractivity contribution >= 4 is 28.6 Å². The van der Waals surface area contributed by atoms with Crippen molar-refractivity contribution in [1.29, 1.82) is 0 Å². The Kier molecular flexibility index (Phi) is 4.83. The zero-order valence-electron chi connectivity index (χ0n) is 17.0. The van der Waals surface area contributed by atoms with E-state index in [1.807, 2.05) is 6.92 Å². The fourth-order valence-electron chi connectivity index (χ4n) is 3.47. The van der Waals surface area contributed by atoms with Crippen LogP contribution >= 0.6 is 0 Å². The fraction of sp³-hybridized carbons (Fsp3) is 0.182. The van der Waals surface area contributed by atoms with Gasteiger partial charge < -0.3 is 14.5 Å². The van der Waals surface area contributed by atoms with Crippen LogP contribution in [0.4, 0.5) is 5.69 Å². The molecule has 0 aliphatic heterocycles. The summed E-state index contributed by atoms with van der Waals surface area (Å²) in [5.74, 6) is -0.247. The van der Waals surface area contributed by atoms with Crippen molar-refractivity contribution in [2.24, 2.45) is 7.05 Å². The van der Waals surface area contributed by atoms with Gasteiger partial charge >= 0.3 is 5.97 Å². The Bertz CT molecular complexity index is 1270. The first-order valence-electron chi connectivity index (χ1n) is 9.28. The van der Waals surface area contributed by atoms with E-state index in [0.29, 0.717) is 50.6 Å². The largest absolute Gasteiger partial charge is 0.465 e. The number of benzene rings is 1. The number of hydrogen-bond donors (Lipinski definition) is 1. The first kappa shape index (κ1) is 19.4. The Balaban J connectivity index is 1.81. The number of carbonyl (C=O) groups excluding carboxylic acids is 2. The molecule has 0 bridgehead atoms. The number of amides is 1. The normalized spacial score (nSPS) is 10.9. The van der Waals surface area contributed by atoms with Gasteiger partial charge in [-0.3, -0.25) is 9.48 Å². The molecule has 0 atom stereocenters. The standard InChI is InChI=1S/C22H20N4O4/c1-12-14(22(28)29-4)7-5-8-16(12)24-21(27)15-11-17(18-9-6-10-30-18)23-20-19(15)13(2)25-26(20)3/h5-11H,1-4H3,(H,24,27). The molecule has 8 nitrogen and oxygen atoms in total. The number of aryl methyl sites for hydroxylation is 2. The molecular weight excluding hydrogens is 384 g/mol. The number of hydrogen-bond acceptors (Lipinski definition) is 6. The van der Waals surface area contributed by atoms with Crippen LogP contribution in [0.1, 0.15) is 32.0 Å². The van der Waals surface area contributed by atoms with Gasteiger partial charge in [-0.15, -0.1) is 0 Å². The number of carbonyl (C=O) groups is 2. The molecule has 0 saturated heterocycles. The Morgan fingerprint density at radius 1 is 1.13 bits per heavy atom.